The summed E-state index contributed by atoms with van der Waals surface area (Å²) in [5, 5.41) is 2.27. The molecule has 0 saturated carbocycles. The third-order valence-corrected chi connectivity index (χ3v) is 7.74. The number of alkyl halides is 3. The van der Waals surface area contributed by atoms with E-state index < -0.39 is 23.5 Å². The summed E-state index contributed by atoms with van der Waals surface area (Å²) in [6, 6.07) is 5.29. The minimum absolute atomic E-state index is 0.0564. The predicted molar refractivity (Wildman–Crippen MR) is 145 cm³/mol. The van der Waals surface area contributed by atoms with Gasteiger partial charge in [-0.2, -0.15) is 13.2 Å². The van der Waals surface area contributed by atoms with E-state index in [1.807, 2.05) is 16.8 Å². The third-order valence-electron chi connectivity index (χ3n) is 7.74. The van der Waals surface area contributed by atoms with E-state index in [2.05, 4.69) is 15.3 Å². The molecule has 0 aliphatic carbocycles. The van der Waals surface area contributed by atoms with E-state index in [1.165, 1.54) is 18.3 Å². The lowest BCUT2D eigenvalue weighted by Gasteiger charge is -2.44. The molecule has 42 heavy (non-hydrogen) atoms. The molecule has 0 bridgehead atoms. The molecular formula is C28H26F4N8O2. The fraction of sp³-hybridized carbons (Fsp3) is 0.321. The average molecular weight is 583 g/mol. The van der Waals surface area contributed by atoms with Gasteiger partial charge in [-0.1, -0.05) is 0 Å². The van der Waals surface area contributed by atoms with E-state index in [-0.39, 0.29) is 46.3 Å². The number of halogens is 4. The van der Waals surface area contributed by atoms with Gasteiger partial charge in [-0.05, 0) is 50.2 Å². The summed E-state index contributed by atoms with van der Waals surface area (Å²) in [4.78, 5) is 42.1. The minimum atomic E-state index is -4.61. The number of benzene rings is 1. The van der Waals surface area contributed by atoms with Crippen molar-refractivity contribution in [1.82, 2.24) is 29.2 Å². The van der Waals surface area contributed by atoms with Gasteiger partial charge in [0.1, 0.15) is 34.5 Å². The van der Waals surface area contributed by atoms with Crippen molar-refractivity contribution >= 4 is 29.0 Å². The molecule has 2 fully saturated rings. The highest BCUT2D eigenvalue weighted by atomic mass is 19.4. The Labute approximate surface area is 237 Å². The molecule has 2 atom stereocenters. The zero-order chi connectivity index (χ0) is 29.8. The molecule has 0 unspecified atom stereocenters. The maximum absolute atomic E-state index is 15.6. The van der Waals surface area contributed by atoms with Gasteiger partial charge in [-0.15, -0.1) is 0 Å². The monoisotopic (exact) mass is 582 g/mol. The van der Waals surface area contributed by atoms with Crippen LogP contribution in [0.25, 0.3) is 16.8 Å². The van der Waals surface area contributed by atoms with Crippen molar-refractivity contribution < 1.29 is 27.2 Å². The number of pyridine rings is 1. The number of imidazole rings is 1. The molecule has 2 aliphatic heterocycles. The lowest BCUT2D eigenvalue weighted by atomic mass is 9.90. The number of anilines is 2. The molecule has 1 aromatic carbocycles. The van der Waals surface area contributed by atoms with Gasteiger partial charge in [-0.3, -0.25) is 18.9 Å². The zero-order valence-corrected chi connectivity index (χ0v) is 22.4. The highest BCUT2D eigenvalue weighted by Crippen LogP contribution is 2.37. The van der Waals surface area contributed by atoms with Gasteiger partial charge in [-0.25, -0.2) is 19.3 Å². The van der Waals surface area contributed by atoms with E-state index in [9.17, 15) is 22.8 Å². The summed E-state index contributed by atoms with van der Waals surface area (Å²) in [6.07, 6.45) is 1.10. The Morgan fingerprint density at radius 3 is 2.67 bits per heavy atom. The topological polar surface area (TPSA) is 122 Å². The second kappa shape index (κ2) is 10.4. The zero-order valence-electron chi connectivity index (χ0n) is 22.4. The average Bonchev–Trinajstić information content (AvgIpc) is 3.33. The number of aromatic nitrogens is 4. The number of carbonyl (C=O) groups excluding carboxylic acids is 2. The molecule has 2 amide bonds. The van der Waals surface area contributed by atoms with Crippen LogP contribution in [0.1, 0.15) is 40.5 Å². The van der Waals surface area contributed by atoms with Crippen LogP contribution in [0.4, 0.5) is 29.2 Å². The largest absolute Gasteiger partial charge is 0.416 e. The summed E-state index contributed by atoms with van der Waals surface area (Å²) in [7, 11) is 1.93. The number of piperidine rings is 1. The standard InChI is InChI=1S/C28H26F4N8O2/c1-38-13-18-4-2-16(12-40(18)22(41)14-38)26-37-23(24-25(33)35-8-9-39(24)26)19-5-3-15(10-20(19)29)27(42)36-21-11-17(6-7-34-21)28(30,31)32/h3,5-11,16,18H,2,4,12-14H2,1H3,(H2,33,35)(H,34,36,42)/t16-,18+/m1/s1. The first-order chi connectivity index (χ1) is 20.0. The number of rotatable bonds is 4. The number of hydrogen-bond donors (Lipinski definition) is 2. The molecule has 10 nitrogen and oxygen atoms in total. The molecule has 218 valence electrons. The predicted octanol–water partition coefficient (Wildman–Crippen LogP) is 3.80. The summed E-state index contributed by atoms with van der Waals surface area (Å²) in [5.41, 5.74) is 5.80. The number of nitrogens with zero attached hydrogens (tertiary/aromatic N) is 6. The van der Waals surface area contributed by atoms with Crippen LogP contribution in [0.5, 0.6) is 0 Å². The number of nitrogens with one attached hydrogen (secondary N) is 1. The molecule has 3 N–H and O–H groups in total. The van der Waals surface area contributed by atoms with Crippen LogP contribution in [0.15, 0.2) is 48.9 Å². The van der Waals surface area contributed by atoms with Crippen LogP contribution in [0.2, 0.25) is 0 Å². The second-order valence-electron chi connectivity index (χ2n) is 10.6. The smallest absolute Gasteiger partial charge is 0.382 e. The van der Waals surface area contributed by atoms with Crippen LogP contribution in [0, 0.1) is 5.82 Å². The van der Waals surface area contributed by atoms with Gasteiger partial charge in [0.2, 0.25) is 5.91 Å². The van der Waals surface area contributed by atoms with Gasteiger partial charge in [0.25, 0.3) is 5.91 Å². The van der Waals surface area contributed by atoms with E-state index >= 15 is 4.39 Å². The summed E-state index contributed by atoms with van der Waals surface area (Å²) in [6.45, 7) is 1.63. The van der Waals surface area contributed by atoms with Crippen LogP contribution in [-0.4, -0.2) is 73.7 Å². The van der Waals surface area contributed by atoms with Gasteiger partial charge in [0.15, 0.2) is 0 Å². The Hall–Kier alpha value is -4.59. The number of amides is 2. The Morgan fingerprint density at radius 2 is 1.90 bits per heavy atom. The fourth-order valence-electron chi connectivity index (χ4n) is 5.75. The molecule has 5 heterocycles. The molecule has 6 rings (SSSR count). The molecule has 3 aromatic heterocycles. The van der Waals surface area contributed by atoms with Crippen molar-refractivity contribution in [1.29, 1.82) is 0 Å². The lowest BCUT2D eigenvalue weighted by Crippen LogP contribution is -2.58. The first kappa shape index (κ1) is 27.6. The summed E-state index contributed by atoms with van der Waals surface area (Å²) >= 11 is 0. The fourth-order valence-corrected chi connectivity index (χ4v) is 5.75. The second-order valence-corrected chi connectivity index (χ2v) is 10.6. The van der Waals surface area contributed by atoms with Crippen molar-refractivity contribution in [2.45, 2.75) is 31.0 Å². The van der Waals surface area contributed by atoms with Crippen molar-refractivity contribution in [3.05, 3.63) is 71.7 Å². The van der Waals surface area contributed by atoms with E-state index in [1.54, 1.807) is 10.6 Å². The van der Waals surface area contributed by atoms with Crippen LogP contribution < -0.4 is 11.1 Å². The number of carbonyl (C=O) groups is 2. The molecule has 0 radical (unpaired) electrons. The van der Waals surface area contributed by atoms with Crippen LogP contribution in [0.3, 0.4) is 0 Å². The molecule has 2 aliphatic rings. The molecular weight excluding hydrogens is 556 g/mol. The number of nitrogen functional groups attached to an aromatic ring is 1. The Balaban J connectivity index is 1.30. The summed E-state index contributed by atoms with van der Waals surface area (Å²) in [5.74, 6) is -1.25. The molecule has 0 spiro atoms. The van der Waals surface area contributed by atoms with E-state index in [4.69, 9.17) is 10.7 Å². The number of likely N-dealkylation sites (N-methyl/N-ethyl adjacent to an activating group) is 1. The normalized spacial score (nSPS) is 19.6. The van der Waals surface area contributed by atoms with Gasteiger partial charge < -0.3 is 16.0 Å². The molecule has 2 saturated heterocycles. The number of piperazine rings is 1. The Bertz CT molecular complexity index is 1710. The van der Waals surface area contributed by atoms with Crippen molar-refractivity contribution in [2.24, 2.45) is 0 Å². The Morgan fingerprint density at radius 1 is 1.10 bits per heavy atom. The number of fused-ring (bicyclic) bond motifs is 2. The van der Waals surface area contributed by atoms with Crippen LogP contribution in [-0.2, 0) is 11.0 Å². The van der Waals surface area contributed by atoms with E-state index in [0.717, 1.165) is 37.7 Å². The maximum Gasteiger partial charge on any atom is 0.416 e. The Kier molecular flexibility index (Phi) is 6.80. The molecule has 4 aromatic rings. The van der Waals surface area contributed by atoms with Crippen molar-refractivity contribution in [3.63, 3.8) is 0 Å². The summed E-state index contributed by atoms with van der Waals surface area (Å²) < 4.78 is 56.4. The van der Waals surface area contributed by atoms with Crippen molar-refractivity contribution in [2.75, 3.05) is 37.7 Å². The van der Waals surface area contributed by atoms with Gasteiger partial charge >= 0.3 is 6.18 Å². The molecule has 14 heteroatoms. The highest BCUT2D eigenvalue weighted by molar-refractivity contribution is 6.04. The lowest BCUT2D eigenvalue weighted by molar-refractivity contribution is -0.141. The third kappa shape index (κ3) is 5.02. The first-order valence-corrected chi connectivity index (χ1v) is 13.2. The minimum Gasteiger partial charge on any atom is -0.382 e. The van der Waals surface area contributed by atoms with Crippen LogP contribution >= 0.6 is 0 Å². The number of hydrogen-bond acceptors (Lipinski definition) is 7. The van der Waals surface area contributed by atoms with Gasteiger partial charge in [0.05, 0.1) is 12.1 Å². The quantitative estimate of drug-likeness (QED) is 0.351. The van der Waals surface area contributed by atoms with Gasteiger partial charge in [0, 0.05) is 54.8 Å². The maximum atomic E-state index is 15.6. The first-order valence-electron chi connectivity index (χ1n) is 13.2. The highest BCUT2D eigenvalue weighted by Gasteiger charge is 2.38. The SMILES string of the molecule is CN1CC(=O)N2C[C@H](c3nc(-c4ccc(C(=O)Nc5cc(C(F)(F)F)ccn5)cc4F)c4c(N)nccn34)CC[C@H]2C1. The van der Waals surface area contributed by atoms with E-state index in [0.29, 0.717) is 30.5 Å². The number of nitrogens with two attached hydrogens (primary N) is 1. The van der Waals surface area contributed by atoms with Crippen molar-refractivity contribution in [3.8, 4) is 11.3 Å².